The highest BCUT2D eigenvalue weighted by molar-refractivity contribution is 5.96. The molecule has 0 aromatic carbocycles. The second-order valence-electron chi connectivity index (χ2n) is 8.98. The van der Waals surface area contributed by atoms with Gasteiger partial charge in [-0.15, -0.1) is 0 Å². The summed E-state index contributed by atoms with van der Waals surface area (Å²) in [4.78, 5) is 36.0. The van der Waals surface area contributed by atoms with Gasteiger partial charge < -0.3 is 15.5 Å². The van der Waals surface area contributed by atoms with Crippen molar-refractivity contribution in [1.82, 2.24) is 20.6 Å². The van der Waals surface area contributed by atoms with Gasteiger partial charge in [0, 0.05) is 44.6 Å². The molecule has 2 fully saturated rings. The standard InChI is InChI=1S/C21H31N5O2/c1-14(2)13-16-24-18-15(4-9-23-20(18)28)19(25-16)26-11-7-21(8-12-26)5-3-17(27)22-10-6-21/h14H,3-13H2,1-2H3,(H,22,27)(H,23,28). The lowest BCUT2D eigenvalue weighted by Gasteiger charge is -2.42. The lowest BCUT2D eigenvalue weighted by Crippen LogP contribution is -2.43. The van der Waals surface area contributed by atoms with Crippen LogP contribution in [0.5, 0.6) is 0 Å². The van der Waals surface area contributed by atoms with Crippen molar-refractivity contribution in [3.05, 3.63) is 17.1 Å². The third-order valence-corrected chi connectivity index (χ3v) is 6.48. The summed E-state index contributed by atoms with van der Waals surface area (Å²) >= 11 is 0. The number of aromatic nitrogens is 2. The average Bonchev–Trinajstić information content (AvgIpc) is 2.84. The highest BCUT2D eigenvalue weighted by atomic mass is 16.2. The fourth-order valence-electron chi connectivity index (χ4n) is 4.79. The van der Waals surface area contributed by atoms with Crippen molar-refractivity contribution in [2.45, 2.75) is 58.8 Å². The number of anilines is 1. The smallest absolute Gasteiger partial charge is 0.270 e. The summed E-state index contributed by atoms with van der Waals surface area (Å²) in [7, 11) is 0. The monoisotopic (exact) mass is 385 g/mol. The maximum Gasteiger partial charge on any atom is 0.270 e. The summed E-state index contributed by atoms with van der Waals surface area (Å²) in [6, 6.07) is 0. The van der Waals surface area contributed by atoms with Crippen LogP contribution in [0.3, 0.4) is 0 Å². The first-order chi connectivity index (χ1) is 13.5. The molecule has 0 atom stereocenters. The van der Waals surface area contributed by atoms with Gasteiger partial charge in [0.05, 0.1) is 0 Å². The molecule has 2 amide bonds. The number of rotatable bonds is 3. The molecule has 7 nitrogen and oxygen atoms in total. The molecule has 28 heavy (non-hydrogen) atoms. The Kier molecular flexibility index (Phi) is 5.25. The fraction of sp³-hybridized carbons (Fsp3) is 0.714. The first-order valence-corrected chi connectivity index (χ1v) is 10.7. The first-order valence-electron chi connectivity index (χ1n) is 10.7. The normalized spacial score (nSPS) is 21.9. The third-order valence-electron chi connectivity index (χ3n) is 6.48. The second-order valence-corrected chi connectivity index (χ2v) is 8.98. The lowest BCUT2D eigenvalue weighted by molar-refractivity contribution is -0.120. The summed E-state index contributed by atoms with van der Waals surface area (Å²) in [5, 5.41) is 5.93. The van der Waals surface area contributed by atoms with Gasteiger partial charge in [-0.05, 0) is 43.4 Å². The summed E-state index contributed by atoms with van der Waals surface area (Å²) in [6.45, 7) is 7.60. The van der Waals surface area contributed by atoms with Crippen molar-refractivity contribution >= 4 is 17.6 Å². The molecule has 0 unspecified atom stereocenters. The summed E-state index contributed by atoms with van der Waals surface area (Å²) in [5.74, 6) is 2.29. The Bertz CT molecular complexity index is 768. The van der Waals surface area contributed by atoms with Gasteiger partial charge in [0.2, 0.25) is 5.91 Å². The van der Waals surface area contributed by atoms with E-state index in [1.165, 1.54) is 0 Å². The number of carbonyl (C=O) groups is 2. The van der Waals surface area contributed by atoms with Crippen LogP contribution in [0.4, 0.5) is 5.82 Å². The fourth-order valence-corrected chi connectivity index (χ4v) is 4.79. The Balaban J connectivity index is 1.58. The molecule has 1 aromatic rings. The Hall–Kier alpha value is -2.18. The molecule has 7 heteroatoms. The van der Waals surface area contributed by atoms with Gasteiger partial charge in [-0.3, -0.25) is 9.59 Å². The van der Waals surface area contributed by atoms with Crippen LogP contribution < -0.4 is 15.5 Å². The van der Waals surface area contributed by atoms with E-state index in [0.717, 1.165) is 75.4 Å². The van der Waals surface area contributed by atoms with Gasteiger partial charge in [0.25, 0.3) is 5.91 Å². The molecule has 4 rings (SSSR count). The Morgan fingerprint density at radius 3 is 2.54 bits per heavy atom. The van der Waals surface area contributed by atoms with Crippen LogP contribution in [0.15, 0.2) is 0 Å². The maximum atomic E-state index is 12.4. The van der Waals surface area contributed by atoms with Gasteiger partial charge in [-0.25, -0.2) is 9.97 Å². The Labute approximate surface area is 166 Å². The molecule has 0 bridgehead atoms. The third kappa shape index (κ3) is 3.84. The molecular weight excluding hydrogens is 354 g/mol. The van der Waals surface area contributed by atoms with E-state index in [1.807, 2.05) is 0 Å². The van der Waals surface area contributed by atoms with Crippen molar-refractivity contribution in [2.75, 3.05) is 31.1 Å². The minimum atomic E-state index is -0.0725. The molecule has 3 aliphatic heterocycles. The summed E-state index contributed by atoms with van der Waals surface area (Å²) < 4.78 is 0. The zero-order valence-electron chi connectivity index (χ0n) is 17.0. The van der Waals surface area contributed by atoms with Crippen LogP contribution >= 0.6 is 0 Å². The predicted octanol–water partition coefficient (Wildman–Crippen LogP) is 1.85. The van der Waals surface area contributed by atoms with E-state index in [4.69, 9.17) is 4.98 Å². The molecule has 4 heterocycles. The van der Waals surface area contributed by atoms with E-state index in [-0.39, 0.29) is 17.2 Å². The molecule has 2 saturated heterocycles. The van der Waals surface area contributed by atoms with Crippen LogP contribution in [0.25, 0.3) is 0 Å². The maximum absolute atomic E-state index is 12.4. The van der Waals surface area contributed by atoms with Crippen molar-refractivity contribution in [1.29, 1.82) is 0 Å². The van der Waals surface area contributed by atoms with Crippen molar-refractivity contribution in [2.24, 2.45) is 11.3 Å². The molecular formula is C21H31N5O2. The highest BCUT2D eigenvalue weighted by Gasteiger charge is 2.37. The van der Waals surface area contributed by atoms with Crippen molar-refractivity contribution < 1.29 is 9.59 Å². The van der Waals surface area contributed by atoms with Gasteiger partial charge in [-0.1, -0.05) is 13.8 Å². The number of nitrogens with zero attached hydrogens (tertiary/aromatic N) is 3. The minimum absolute atomic E-state index is 0.0725. The zero-order valence-corrected chi connectivity index (χ0v) is 17.0. The topological polar surface area (TPSA) is 87.2 Å². The zero-order chi connectivity index (χ0) is 19.7. The van der Waals surface area contributed by atoms with Gasteiger partial charge in [-0.2, -0.15) is 0 Å². The minimum Gasteiger partial charge on any atom is -0.356 e. The quantitative estimate of drug-likeness (QED) is 0.829. The molecule has 0 aliphatic carbocycles. The molecule has 0 saturated carbocycles. The average molecular weight is 386 g/mol. The van der Waals surface area contributed by atoms with Gasteiger partial charge in [0.1, 0.15) is 17.3 Å². The van der Waals surface area contributed by atoms with Gasteiger partial charge >= 0.3 is 0 Å². The van der Waals surface area contributed by atoms with E-state index >= 15 is 0 Å². The molecule has 1 aromatic heterocycles. The number of hydrogen-bond acceptors (Lipinski definition) is 5. The molecule has 152 valence electrons. The molecule has 2 N–H and O–H groups in total. The number of fused-ring (bicyclic) bond motifs is 1. The highest BCUT2D eigenvalue weighted by Crippen LogP contribution is 2.41. The second kappa shape index (κ2) is 7.68. The van der Waals surface area contributed by atoms with Crippen LogP contribution in [0, 0.1) is 11.3 Å². The SMILES string of the molecule is CC(C)Cc1nc2c(c(N3CCC4(CCNC(=O)CC4)CC3)n1)CCNC2=O. The number of nitrogens with one attached hydrogen (secondary N) is 2. The molecule has 0 radical (unpaired) electrons. The molecule has 3 aliphatic rings. The van der Waals surface area contributed by atoms with Crippen LogP contribution in [-0.2, 0) is 17.6 Å². The van der Waals surface area contributed by atoms with E-state index in [0.29, 0.717) is 24.6 Å². The van der Waals surface area contributed by atoms with Crippen LogP contribution in [-0.4, -0.2) is 48.0 Å². The van der Waals surface area contributed by atoms with E-state index in [2.05, 4.69) is 34.4 Å². The summed E-state index contributed by atoms with van der Waals surface area (Å²) in [6.07, 6.45) is 6.41. The summed E-state index contributed by atoms with van der Waals surface area (Å²) in [5.41, 5.74) is 1.84. The van der Waals surface area contributed by atoms with Crippen LogP contribution in [0.1, 0.15) is 67.8 Å². The van der Waals surface area contributed by atoms with Gasteiger partial charge in [0.15, 0.2) is 0 Å². The number of hydrogen-bond donors (Lipinski definition) is 2. The number of piperidine rings is 1. The predicted molar refractivity (Wildman–Crippen MR) is 107 cm³/mol. The first kappa shape index (κ1) is 19.2. The lowest BCUT2D eigenvalue weighted by atomic mass is 9.73. The van der Waals surface area contributed by atoms with E-state index in [9.17, 15) is 9.59 Å². The largest absolute Gasteiger partial charge is 0.356 e. The Morgan fingerprint density at radius 1 is 1.00 bits per heavy atom. The number of amides is 2. The van der Waals surface area contributed by atoms with E-state index < -0.39 is 0 Å². The number of carbonyl (C=O) groups excluding carboxylic acids is 2. The molecule has 1 spiro atoms. The van der Waals surface area contributed by atoms with Crippen molar-refractivity contribution in [3.63, 3.8) is 0 Å². The van der Waals surface area contributed by atoms with E-state index in [1.54, 1.807) is 0 Å². The van der Waals surface area contributed by atoms with Crippen molar-refractivity contribution in [3.8, 4) is 0 Å². The Morgan fingerprint density at radius 2 is 1.79 bits per heavy atom. The van der Waals surface area contributed by atoms with Crippen LogP contribution in [0.2, 0.25) is 0 Å².